The SMILES string of the molecule is C[C@@]12CS(=O)(=O)C[C@@H]1SC(N)=N2. The Bertz CT molecular complexity index is 349. The van der Waals surface area contributed by atoms with Crippen LogP contribution in [-0.4, -0.2) is 35.9 Å². The Labute approximate surface area is 75.5 Å². The Morgan fingerprint density at radius 2 is 2.42 bits per heavy atom. The first-order valence-corrected chi connectivity index (χ1v) is 6.34. The summed E-state index contributed by atoms with van der Waals surface area (Å²) < 4.78 is 22.5. The molecule has 0 aromatic rings. The van der Waals surface area contributed by atoms with Gasteiger partial charge >= 0.3 is 0 Å². The zero-order valence-corrected chi connectivity index (χ0v) is 8.28. The standard InChI is InChI=1S/C6H10N2O2S2/c1-6-3-12(9,10)2-4(6)11-5(7)8-6/h4H,2-3H2,1H3,(H2,7,8)/t4-,6+/m0/s1. The van der Waals surface area contributed by atoms with E-state index in [1.807, 2.05) is 6.92 Å². The highest BCUT2D eigenvalue weighted by Crippen LogP contribution is 2.40. The molecule has 2 aliphatic rings. The number of nitrogens with two attached hydrogens (primary N) is 1. The van der Waals surface area contributed by atoms with Gasteiger partial charge in [-0.25, -0.2) is 8.42 Å². The first-order valence-electron chi connectivity index (χ1n) is 3.64. The molecular weight excluding hydrogens is 196 g/mol. The molecule has 0 aliphatic carbocycles. The van der Waals surface area contributed by atoms with Crippen molar-refractivity contribution < 1.29 is 8.42 Å². The maximum atomic E-state index is 11.2. The van der Waals surface area contributed by atoms with Crippen molar-refractivity contribution in [2.24, 2.45) is 10.7 Å². The van der Waals surface area contributed by atoms with Crippen LogP contribution in [0.5, 0.6) is 0 Å². The average molecular weight is 206 g/mol. The normalized spacial score (nSPS) is 44.1. The number of amidine groups is 1. The number of fused-ring (bicyclic) bond motifs is 1. The number of hydrogen-bond acceptors (Lipinski definition) is 5. The molecule has 2 aliphatic heterocycles. The Morgan fingerprint density at radius 1 is 1.75 bits per heavy atom. The van der Waals surface area contributed by atoms with E-state index in [0.29, 0.717) is 5.17 Å². The highest BCUT2D eigenvalue weighted by Gasteiger charge is 2.51. The summed E-state index contributed by atoms with van der Waals surface area (Å²) in [5.74, 6) is 0.372. The number of rotatable bonds is 0. The molecule has 2 rings (SSSR count). The summed E-state index contributed by atoms with van der Waals surface area (Å²) in [7, 11) is -2.87. The molecule has 68 valence electrons. The molecule has 1 saturated heterocycles. The quantitative estimate of drug-likeness (QED) is 0.585. The average Bonchev–Trinajstić information content (AvgIpc) is 2.11. The van der Waals surface area contributed by atoms with E-state index in [-0.39, 0.29) is 16.8 Å². The van der Waals surface area contributed by atoms with Crippen LogP contribution < -0.4 is 5.73 Å². The van der Waals surface area contributed by atoms with Gasteiger partial charge in [0.25, 0.3) is 0 Å². The molecule has 4 nitrogen and oxygen atoms in total. The van der Waals surface area contributed by atoms with Crippen LogP contribution in [0.4, 0.5) is 0 Å². The van der Waals surface area contributed by atoms with E-state index in [1.54, 1.807) is 0 Å². The summed E-state index contributed by atoms with van der Waals surface area (Å²) in [5, 5.41) is 0.569. The maximum Gasteiger partial charge on any atom is 0.154 e. The summed E-state index contributed by atoms with van der Waals surface area (Å²) in [6, 6.07) is 0. The molecule has 0 aromatic carbocycles. The van der Waals surface area contributed by atoms with Crippen molar-refractivity contribution in [1.82, 2.24) is 0 Å². The molecule has 0 amide bonds. The summed E-state index contributed by atoms with van der Waals surface area (Å²) in [5.41, 5.74) is 5.07. The van der Waals surface area contributed by atoms with Crippen molar-refractivity contribution in [1.29, 1.82) is 0 Å². The molecule has 2 atom stereocenters. The minimum atomic E-state index is -2.87. The van der Waals surface area contributed by atoms with Gasteiger partial charge in [-0.05, 0) is 6.92 Å². The molecule has 2 N–H and O–H groups in total. The van der Waals surface area contributed by atoms with E-state index < -0.39 is 15.4 Å². The smallest absolute Gasteiger partial charge is 0.154 e. The van der Waals surface area contributed by atoms with Gasteiger partial charge in [0.15, 0.2) is 15.0 Å². The van der Waals surface area contributed by atoms with Crippen LogP contribution in [-0.2, 0) is 9.84 Å². The molecule has 0 radical (unpaired) electrons. The van der Waals surface area contributed by atoms with Gasteiger partial charge in [-0.2, -0.15) is 0 Å². The van der Waals surface area contributed by atoms with Crippen molar-refractivity contribution >= 4 is 26.8 Å². The van der Waals surface area contributed by atoms with Crippen LogP contribution >= 0.6 is 11.8 Å². The third-order valence-corrected chi connectivity index (χ3v) is 5.61. The molecule has 2 heterocycles. The van der Waals surface area contributed by atoms with Gasteiger partial charge < -0.3 is 5.73 Å². The van der Waals surface area contributed by atoms with Crippen LogP contribution in [0.2, 0.25) is 0 Å². The van der Waals surface area contributed by atoms with Gasteiger partial charge in [0.2, 0.25) is 0 Å². The molecule has 6 heteroatoms. The Kier molecular flexibility index (Phi) is 1.51. The van der Waals surface area contributed by atoms with Gasteiger partial charge in [0.1, 0.15) is 0 Å². The topological polar surface area (TPSA) is 72.5 Å². The van der Waals surface area contributed by atoms with E-state index in [9.17, 15) is 8.42 Å². The third kappa shape index (κ3) is 1.13. The maximum absolute atomic E-state index is 11.2. The number of thioether (sulfide) groups is 1. The van der Waals surface area contributed by atoms with Gasteiger partial charge in [-0.15, -0.1) is 0 Å². The van der Waals surface area contributed by atoms with E-state index in [2.05, 4.69) is 4.99 Å². The predicted molar refractivity (Wildman–Crippen MR) is 50.1 cm³/mol. The number of sulfone groups is 1. The number of nitrogens with zero attached hydrogens (tertiary/aromatic N) is 1. The molecule has 0 unspecified atom stereocenters. The fourth-order valence-corrected chi connectivity index (χ4v) is 5.73. The van der Waals surface area contributed by atoms with Crippen molar-refractivity contribution in [2.75, 3.05) is 11.5 Å². The van der Waals surface area contributed by atoms with Crippen molar-refractivity contribution in [3.8, 4) is 0 Å². The minimum absolute atomic E-state index is 0.0440. The van der Waals surface area contributed by atoms with Crippen LogP contribution in [0, 0.1) is 0 Å². The Hall–Kier alpha value is -0.230. The lowest BCUT2D eigenvalue weighted by molar-refractivity contribution is 0.554. The highest BCUT2D eigenvalue weighted by molar-refractivity contribution is 8.15. The second kappa shape index (κ2) is 2.17. The van der Waals surface area contributed by atoms with Crippen LogP contribution in [0.3, 0.4) is 0 Å². The Morgan fingerprint density at radius 3 is 3.00 bits per heavy atom. The minimum Gasteiger partial charge on any atom is -0.379 e. The van der Waals surface area contributed by atoms with Gasteiger partial charge in [0, 0.05) is 0 Å². The first-order chi connectivity index (χ1) is 5.41. The second-order valence-electron chi connectivity index (χ2n) is 3.47. The monoisotopic (exact) mass is 206 g/mol. The lowest BCUT2D eigenvalue weighted by Gasteiger charge is -2.15. The van der Waals surface area contributed by atoms with Crippen molar-refractivity contribution in [3.63, 3.8) is 0 Å². The molecule has 0 spiro atoms. The lowest BCUT2D eigenvalue weighted by atomic mass is 10.0. The van der Waals surface area contributed by atoms with E-state index in [1.165, 1.54) is 11.8 Å². The van der Waals surface area contributed by atoms with Crippen molar-refractivity contribution in [3.05, 3.63) is 0 Å². The summed E-state index contributed by atoms with van der Waals surface area (Å²) >= 11 is 1.39. The van der Waals surface area contributed by atoms with Gasteiger partial charge in [0.05, 0.1) is 22.3 Å². The zero-order chi connectivity index (χ0) is 8.98. The van der Waals surface area contributed by atoms with Crippen LogP contribution in [0.15, 0.2) is 4.99 Å². The van der Waals surface area contributed by atoms with Crippen LogP contribution in [0.25, 0.3) is 0 Å². The highest BCUT2D eigenvalue weighted by atomic mass is 32.2. The first kappa shape index (κ1) is 8.37. The number of hydrogen-bond donors (Lipinski definition) is 1. The molecular formula is C6H10N2O2S2. The number of aliphatic imine (C=N–C) groups is 1. The molecule has 12 heavy (non-hydrogen) atoms. The summed E-state index contributed by atoms with van der Waals surface area (Å²) in [4.78, 5) is 4.16. The van der Waals surface area contributed by atoms with Gasteiger partial charge in [-0.3, -0.25) is 4.99 Å². The fraction of sp³-hybridized carbons (Fsp3) is 0.833. The van der Waals surface area contributed by atoms with E-state index in [4.69, 9.17) is 5.73 Å². The largest absolute Gasteiger partial charge is 0.379 e. The molecule has 1 fully saturated rings. The second-order valence-corrected chi connectivity index (χ2v) is 6.80. The predicted octanol–water partition coefficient (Wildman–Crippen LogP) is -0.396. The van der Waals surface area contributed by atoms with E-state index >= 15 is 0 Å². The zero-order valence-electron chi connectivity index (χ0n) is 6.65. The summed E-state index contributed by atoms with van der Waals surface area (Å²) in [6.45, 7) is 1.86. The van der Waals surface area contributed by atoms with Crippen LogP contribution in [0.1, 0.15) is 6.92 Å². The summed E-state index contributed by atoms with van der Waals surface area (Å²) in [6.07, 6.45) is 0. The lowest BCUT2D eigenvalue weighted by Crippen LogP contribution is -2.30. The fourth-order valence-electron chi connectivity index (χ4n) is 1.70. The molecule has 0 aromatic heterocycles. The van der Waals surface area contributed by atoms with Crippen molar-refractivity contribution in [2.45, 2.75) is 17.7 Å². The van der Waals surface area contributed by atoms with E-state index in [0.717, 1.165) is 0 Å². The third-order valence-electron chi connectivity index (χ3n) is 2.24. The molecule has 0 saturated carbocycles. The van der Waals surface area contributed by atoms with Gasteiger partial charge in [-0.1, -0.05) is 11.8 Å². The Balaban J connectivity index is 2.39. The molecule has 0 bridgehead atoms.